The fourth-order valence-electron chi connectivity index (χ4n) is 2.81. The van der Waals surface area contributed by atoms with Crippen LogP contribution < -0.4 is 5.32 Å². The number of fused-ring (bicyclic) bond motifs is 2. The van der Waals surface area contributed by atoms with Crippen LogP contribution in [0.25, 0.3) is 33.3 Å². The van der Waals surface area contributed by atoms with E-state index in [1.807, 2.05) is 54.6 Å². The smallest absolute Gasteiger partial charge is 0.227 e. The van der Waals surface area contributed by atoms with Crippen LogP contribution >= 0.6 is 11.6 Å². The molecule has 4 aromatic rings. The molecule has 0 saturated carbocycles. The third-order valence-electron chi connectivity index (χ3n) is 3.87. The zero-order chi connectivity index (χ0) is 15.8. The van der Waals surface area contributed by atoms with Crippen LogP contribution in [0.2, 0.25) is 5.02 Å². The maximum absolute atomic E-state index is 6.29. The quantitative estimate of drug-likeness (QED) is 0.523. The van der Waals surface area contributed by atoms with Crippen LogP contribution in [0.3, 0.4) is 0 Å². The van der Waals surface area contributed by atoms with Gasteiger partial charge in [-0.2, -0.15) is 0 Å². The van der Waals surface area contributed by atoms with Gasteiger partial charge in [-0.05, 0) is 36.6 Å². The summed E-state index contributed by atoms with van der Waals surface area (Å²) in [6.07, 6.45) is 0. The molecular weight excluding hydrogens is 308 g/mol. The monoisotopic (exact) mass is 322 g/mol. The van der Waals surface area contributed by atoms with Gasteiger partial charge in [0.1, 0.15) is 5.52 Å². The Hall–Kier alpha value is -2.52. The highest BCUT2D eigenvalue weighted by molar-refractivity contribution is 6.35. The summed E-state index contributed by atoms with van der Waals surface area (Å²) in [4.78, 5) is 4.63. The molecule has 4 heteroatoms. The topological polar surface area (TPSA) is 38.1 Å². The van der Waals surface area contributed by atoms with Crippen LogP contribution in [0.15, 0.2) is 59.0 Å². The predicted molar refractivity (Wildman–Crippen MR) is 96.1 cm³/mol. The molecule has 0 saturated heterocycles. The van der Waals surface area contributed by atoms with Gasteiger partial charge in [-0.25, -0.2) is 4.98 Å². The van der Waals surface area contributed by atoms with Crippen molar-refractivity contribution in [2.45, 2.75) is 6.92 Å². The average Bonchev–Trinajstić information content (AvgIpc) is 2.98. The van der Waals surface area contributed by atoms with Crippen molar-refractivity contribution in [3.8, 4) is 11.5 Å². The first kappa shape index (κ1) is 14.1. The minimum absolute atomic E-state index is 0.613. The van der Waals surface area contributed by atoms with Crippen LogP contribution in [0.4, 0.5) is 5.69 Å². The van der Waals surface area contributed by atoms with Gasteiger partial charge in [0.05, 0.1) is 0 Å². The Bertz CT molecular complexity index is 1010. The van der Waals surface area contributed by atoms with Crippen molar-refractivity contribution in [1.82, 2.24) is 4.98 Å². The third kappa shape index (κ3) is 2.43. The van der Waals surface area contributed by atoms with Gasteiger partial charge >= 0.3 is 0 Å². The second-order valence-corrected chi connectivity index (χ2v) is 5.78. The summed E-state index contributed by atoms with van der Waals surface area (Å²) >= 11 is 6.29. The van der Waals surface area contributed by atoms with E-state index in [0.717, 1.165) is 44.7 Å². The fourth-order valence-corrected chi connectivity index (χ4v) is 3.05. The normalized spacial score (nSPS) is 11.2. The minimum Gasteiger partial charge on any atom is -0.436 e. The number of hydrogen-bond acceptors (Lipinski definition) is 3. The highest BCUT2D eigenvalue weighted by Crippen LogP contribution is 2.33. The van der Waals surface area contributed by atoms with E-state index in [0.29, 0.717) is 5.89 Å². The number of nitrogens with zero attached hydrogens (tertiary/aromatic N) is 1. The molecule has 0 unspecified atom stereocenters. The standard InChI is InChI=1S/C19H15ClN2O/c1-2-21-12-9-10-17-18(11-12)23-19(22-17)15-7-3-6-14-13(15)5-4-8-16(14)20/h3-11,21H,2H2,1H3. The lowest BCUT2D eigenvalue weighted by atomic mass is 10.0. The van der Waals surface area contributed by atoms with Crippen LogP contribution in [0, 0.1) is 0 Å². The van der Waals surface area contributed by atoms with E-state index in [1.165, 1.54) is 0 Å². The van der Waals surface area contributed by atoms with Crippen molar-refractivity contribution in [2.24, 2.45) is 0 Å². The first-order valence-corrected chi connectivity index (χ1v) is 7.96. The molecule has 0 spiro atoms. The zero-order valence-corrected chi connectivity index (χ0v) is 13.4. The van der Waals surface area contributed by atoms with Gasteiger partial charge in [-0.3, -0.25) is 0 Å². The van der Waals surface area contributed by atoms with E-state index in [9.17, 15) is 0 Å². The zero-order valence-electron chi connectivity index (χ0n) is 12.6. The summed E-state index contributed by atoms with van der Waals surface area (Å²) in [6.45, 7) is 2.93. The number of rotatable bonds is 3. The Morgan fingerprint density at radius 2 is 1.87 bits per heavy atom. The number of oxazole rings is 1. The van der Waals surface area contributed by atoms with Crippen molar-refractivity contribution in [1.29, 1.82) is 0 Å². The largest absolute Gasteiger partial charge is 0.436 e. The lowest BCUT2D eigenvalue weighted by Crippen LogP contribution is -1.95. The molecule has 0 fully saturated rings. The molecule has 1 aromatic heterocycles. The molecule has 4 rings (SSSR count). The van der Waals surface area contributed by atoms with Gasteiger partial charge in [0, 0.05) is 34.3 Å². The van der Waals surface area contributed by atoms with Crippen molar-refractivity contribution < 1.29 is 4.42 Å². The lowest BCUT2D eigenvalue weighted by Gasteiger charge is -2.04. The summed E-state index contributed by atoms with van der Waals surface area (Å²) in [7, 11) is 0. The van der Waals surface area contributed by atoms with Crippen LogP contribution in [-0.2, 0) is 0 Å². The molecule has 23 heavy (non-hydrogen) atoms. The van der Waals surface area contributed by atoms with E-state index >= 15 is 0 Å². The lowest BCUT2D eigenvalue weighted by molar-refractivity contribution is 0.621. The Labute approximate surface area is 138 Å². The molecule has 0 aliphatic rings. The summed E-state index contributed by atoms with van der Waals surface area (Å²) in [6, 6.07) is 17.8. The molecular formula is C19H15ClN2O. The summed E-state index contributed by atoms with van der Waals surface area (Å²) in [5.74, 6) is 0.613. The highest BCUT2D eigenvalue weighted by atomic mass is 35.5. The van der Waals surface area contributed by atoms with Crippen molar-refractivity contribution in [2.75, 3.05) is 11.9 Å². The predicted octanol–water partition coefficient (Wildman–Crippen LogP) is 5.73. The van der Waals surface area contributed by atoms with E-state index in [4.69, 9.17) is 16.0 Å². The number of aromatic nitrogens is 1. The fraction of sp³-hybridized carbons (Fsp3) is 0.105. The third-order valence-corrected chi connectivity index (χ3v) is 4.20. The van der Waals surface area contributed by atoms with E-state index in [1.54, 1.807) is 0 Å². The van der Waals surface area contributed by atoms with Gasteiger partial charge < -0.3 is 9.73 Å². The van der Waals surface area contributed by atoms with Gasteiger partial charge in [0.15, 0.2) is 5.58 Å². The van der Waals surface area contributed by atoms with E-state index in [-0.39, 0.29) is 0 Å². The number of hydrogen-bond donors (Lipinski definition) is 1. The number of halogens is 1. The summed E-state index contributed by atoms with van der Waals surface area (Å²) in [5.41, 5.74) is 3.60. The molecule has 0 aliphatic carbocycles. The van der Waals surface area contributed by atoms with Crippen LogP contribution in [-0.4, -0.2) is 11.5 Å². The molecule has 0 aliphatic heterocycles. The first-order chi connectivity index (χ1) is 11.3. The molecule has 1 N–H and O–H groups in total. The molecule has 3 aromatic carbocycles. The van der Waals surface area contributed by atoms with E-state index in [2.05, 4.69) is 17.2 Å². The van der Waals surface area contributed by atoms with Crippen molar-refractivity contribution in [3.63, 3.8) is 0 Å². The molecule has 0 atom stereocenters. The molecule has 0 amide bonds. The SMILES string of the molecule is CCNc1ccc2nc(-c3cccc4c(Cl)cccc34)oc2c1. The number of benzene rings is 3. The maximum Gasteiger partial charge on any atom is 0.227 e. The first-order valence-electron chi connectivity index (χ1n) is 7.58. The Balaban J connectivity index is 1.91. The second kappa shape index (κ2) is 5.60. The Morgan fingerprint density at radius 3 is 2.74 bits per heavy atom. The molecule has 0 bridgehead atoms. The molecule has 1 heterocycles. The van der Waals surface area contributed by atoms with Crippen LogP contribution in [0.1, 0.15) is 6.92 Å². The van der Waals surface area contributed by atoms with Gasteiger partial charge in [-0.1, -0.05) is 35.9 Å². The Kier molecular flexibility index (Phi) is 3.43. The average molecular weight is 323 g/mol. The highest BCUT2D eigenvalue weighted by Gasteiger charge is 2.12. The summed E-state index contributed by atoms with van der Waals surface area (Å²) < 4.78 is 5.99. The molecule has 3 nitrogen and oxygen atoms in total. The summed E-state index contributed by atoms with van der Waals surface area (Å²) in [5, 5.41) is 6.05. The minimum atomic E-state index is 0.613. The van der Waals surface area contributed by atoms with Gasteiger partial charge in [-0.15, -0.1) is 0 Å². The van der Waals surface area contributed by atoms with Crippen LogP contribution in [0.5, 0.6) is 0 Å². The second-order valence-electron chi connectivity index (χ2n) is 5.37. The van der Waals surface area contributed by atoms with Gasteiger partial charge in [0.2, 0.25) is 5.89 Å². The number of anilines is 1. The van der Waals surface area contributed by atoms with Crippen molar-refractivity contribution >= 4 is 39.2 Å². The van der Waals surface area contributed by atoms with Crippen molar-refractivity contribution in [3.05, 3.63) is 59.6 Å². The van der Waals surface area contributed by atoms with Gasteiger partial charge in [0.25, 0.3) is 0 Å². The maximum atomic E-state index is 6.29. The molecule has 114 valence electrons. The number of nitrogens with one attached hydrogen (secondary N) is 1. The molecule has 0 radical (unpaired) electrons. The Morgan fingerprint density at radius 1 is 1.04 bits per heavy atom. The van der Waals surface area contributed by atoms with E-state index < -0.39 is 0 Å².